The average molecular weight is 505 g/mol. The molecule has 1 N–H and O–H groups in total. The lowest BCUT2D eigenvalue weighted by Crippen LogP contribution is -2.20. The number of benzene rings is 2. The van der Waals surface area contributed by atoms with E-state index in [9.17, 15) is 4.79 Å². The number of hydrogen-bond acceptors (Lipinski definition) is 3. The third-order valence-electron chi connectivity index (χ3n) is 3.30. The number of fused-ring (bicyclic) bond motifs is 1. The molecule has 3 rings (SSSR count). The van der Waals surface area contributed by atoms with Crippen LogP contribution in [0.3, 0.4) is 0 Å². The van der Waals surface area contributed by atoms with Gasteiger partial charge in [-0.2, -0.15) is 0 Å². The van der Waals surface area contributed by atoms with Crippen molar-refractivity contribution in [2.75, 3.05) is 11.9 Å². The zero-order chi connectivity index (χ0) is 18.0. The Morgan fingerprint density at radius 1 is 1.12 bits per heavy atom. The molecular formula is C17H10Br2Cl2N2O2. The second kappa shape index (κ2) is 7.91. The van der Waals surface area contributed by atoms with Crippen LogP contribution in [-0.4, -0.2) is 17.5 Å². The van der Waals surface area contributed by atoms with Gasteiger partial charge in [0.1, 0.15) is 5.52 Å². The van der Waals surface area contributed by atoms with Crippen LogP contribution in [0.15, 0.2) is 51.5 Å². The Labute approximate surface area is 170 Å². The quantitative estimate of drug-likeness (QED) is 0.468. The molecule has 0 spiro atoms. The first-order valence-corrected chi connectivity index (χ1v) is 9.40. The van der Waals surface area contributed by atoms with Crippen LogP contribution < -0.4 is 10.1 Å². The number of pyridine rings is 1. The molecule has 0 atom stereocenters. The van der Waals surface area contributed by atoms with E-state index in [2.05, 4.69) is 42.2 Å². The molecule has 2 aromatic carbocycles. The number of amides is 1. The van der Waals surface area contributed by atoms with Crippen LogP contribution in [0.4, 0.5) is 5.69 Å². The molecule has 0 fully saturated rings. The molecule has 0 saturated carbocycles. The number of halogens is 4. The van der Waals surface area contributed by atoms with E-state index in [0.29, 0.717) is 31.5 Å². The van der Waals surface area contributed by atoms with E-state index in [0.717, 1.165) is 9.86 Å². The number of anilines is 1. The number of carbonyl (C=O) groups is 1. The van der Waals surface area contributed by atoms with Crippen molar-refractivity contribution in [3.05, 3.63) is 61.6 Å². The molecule has 0 saturated heterocycles. The maximum absolute atomic E-state index is 12.1. The highest BCUT2D eigenvalue weighted by atomic mass is 79.9. The number of carbonyl (C=O) groups excluding carboxylic acids is 1. The van der Waals surface area contributed by atoms with Gasteiger partial charge in [-0.25, -0.2) is 0 Å². The van der Waals surface area contributed by atoms with Gasteiger partial charge in [0.05, 0.1) is 14.5 Å². The first-order chi connectivity index (χ1) is 12.0. The minimum absolute atomic E-state index is 0.174. The summed E-state index contributed by atoms with van der Waals surface area (Å²) in [5.74, 6) is 0.181. The molecule has 1 amide bonds. The maximum atomic E-state index is 12.1. The van der Waals surface area contributed by atoms with Crippen molar-refractivity contribution in [2.45, 2.75) is 0 Å². The highest BCUT2D eigenvalue weighted by molar-refractivity contribution is 9.11. The molecule has 8 heteroatoms. The number of nitrogens with one attached hydrogen (secondary N) is 1. The summed E-state index contributed by atoms with van der Waals surface area (Å²) in [5, 5.41) is 4.39. The number of rotatable bonds is 4. The van der Waals surface area contributed by atoms with E-state index in [1.54, 1.807) is 24.4 Å². The summed E-state index contributed by atoms with van der Waals surface area (Å²) < 4.78 is 7.28. The number of nitrogens with zero attached hydrogens (tertiary/aromatic N) is 1. The molecular weight excluding hydrogens is 495 g/mol. The Kier molecular flexibility index (Phi) is 5.84. The van der Waals surface area contributed by atoms with Gasteiger partial charge in [-0.05, 0) is 46.3 Å². The zero-order valence-corrected chi connectivity index (χ0v) is 17.2. The first-order valence-electron chi connectivity index (χ1n) is 7.06. The third kappa shape index (κ3) is 4.26. The summed E-state index contributed by atoms with van der Waals surface area (Å²) in [6, 6.07) is 10.5. The molecule has 0 aliphatic rings. The van der Waals surface area contributed by atoms with Crippen molar-refractivity contribution in [1.29, 1.82) is 0 Å². The van der Waals surface area contributed by atoms with E-state index in [-0.39, 0.29) is 12.5 Å². The fourth-order valence-corrected chi connectivity index (χ4v) is 3.88. The van der Waals surface area contributed by atoms with Crippen LogP contribution in [0.2, 0.25) is 10.0 Å². The predicted molar refractivity (Wildman–Crippen MR) is 108 cm³/mol. The summed E-state index contributed by atoms with van der Waals surface area (Å²) in [7, 11) is 0. The normalized spacial score (nSPS) is 10.7. The molecule has 0 bridgehead atoms. The van der Waals surface area contributed by atoms with E-state index in [1.807, 2.05) is 18.2 Å². The van der Waals surface area contributed by atoms with E-state index >= 15 is 0 Å². The molecule has 3 aromatic rings. The Bertz CT molecular complexity index is 967. The lowest BCUT2D eigenvalue weighted by Gasteiger charge is -2.12. The van der Waals surface area contributed by atoms with Crippen LogP contribution in [-0.2, 0) is 4.79 Å². The van der Waals surface area contributed by atoms with E-state index in [4.69, 9.17) is 27.9 Å². The monoisotopic (exact) mass is 502 g/mol. The van der Waals surface area contributed by atoms with Gasteiger partial charge in [0.2, 0.25) is 0 Å². The lowest BCUT2D eigenvalue weighted by atomic mass is 10.2. The largest absolute Gasteiger partial charge is 0.480 e. The van der Waals surface area contributed by atoms with Gasteiger partial charge in [-0.15, -0.1) is 0 Å². The minimum atomic E-state index is -0.322. The zero-order valence-electron chi connectivity index (χ0n) is 12.5. The van der Waals surface area contributed by atoms with Crippen molar-refractivity contribution in [3.8, 4) is 5.75 Å². The van der Waals surface area contributed by atoms with Crippen molar-refractivity contribution < 1.29 is 9.53 Å². The Morgan fingerprint density at radius 3 is 2.68 bits per heavy atom. The molecule has 1 heterocycles. The van der Waals surface area contributed by atoms with Gasteiger partial charge < -0.3 is 10.1 Å². The molecule has 0 aliphatic carbocycles. The SMILES string of the molecule is O=C(COc1c(Br)cc(Br)c2cccnc12)Nc1ccc(Cl)c(Cl)c1. The summed E-state index contributed by atoms with van der Waals surface area (Å²) in [6.07, 6.45) is 1.67. The van der Waals surface area contributed by atoms with Crippen molar-refractivity contribution in [1.82, 2.24) is 4.98 Å². The van der Waals surface area contributed by atoms with E-state index < -0.39 is 0 Å². The molecule has 0 unspecified atom stereocenters. The Morgan fingerprint density at radius 2 is 1.92 bits per heavy atom. The number of hydrogen-bond donors (Lipinski definition) is 1. The first kappa shape index (κ1) is 18.5. The predicted octanol–water partition coefficient (Wildman–Crippen LogP) is 6.08. The average Bonchev–Trinajstić information content (AvgIpc) is 2.58. The molecule has 0 aliphatic heterocycles. The highest BCUT2D eigenvalue weighted by Gasteiger charge is 2.14. The Hall–Kier alpha value is -1.34. The standard InChI is InChI=1S/C17H10Br2Cl2N2O2/c18-11-7-12(19)17(16-10(11)2-1-5-22-16)25-8-15(24)23-9-3-4-13(20)14(21)6-9/h1-7H,8H2,(H,23,24). The fraction of sp³-hybridized carbons (Fsp3) is 0.0588. The molecule has 25 heavy (non-hydrogen) atoms. The Balaban J connectivity index is 1.76. The smallest absolute Gasteiger partial charge is 0.262 e. The second-order valence-electron chi connectivity index (χ2n) is 5.03. The van der Waals surface area contributed by atoms with Crippen molar-refractivity contribution in [2.24, 2.45) is 0 Å². The number of aromatic nitrogens is 1. The lowest BCUT2D eigenvalue weighted by molar-refractivity contribution is -0.118. The summed E-state index contributed by atoms with van der Waals surface area (Å²) in [6.45, 7) is -0.174. The third-order valence-corrected chi connectivity index (χ3v) is 5.29. The molecule has 1 aromatic heterocycles. The summed E-state index contributed by atoms with van der Waals surface area (Å²) in [5.41, 5.74) is 1.20. The van der Waals surface area contributed by atoms with Crippen LogP contribution in [0.25, 0.3) is 10.9 Å². The van der Waals surface area contributed by atoms with Gasteiger partial charge >= 0.3 is 0 Å². The molecule has 4 nitrogen and oxygen atoms in total. The summed E-state index contributed by atoms with van der Waals surface area (Å²) >= 11 is 18.7. The van der Waals surface area contributed by atoms with Crippen LogP contribution in [0.5, 0.6) is 5.75 Å². The van der Waals surface area contributed by atoms with Crippen molar-refractivity contribution >= 4 is 77.6 Å². The van der Waals surface area contributed by atoms with Crippen molar-refractivity contribution in [3.63, 3.8) is 0 Å². The van der Waals surface area contributed by atoms with Crippen LogP contribution in [0.1, 0.15) is 0 Å². The maximum Gasteiger partial charge on any atom is 0.262 e. The van der Waals surface area contributed by atoms with Gasteiger partial charge in [0, 0.05) is 21.7 Å². The van der Waals surface area contributed by atoms with E-state index in [1.165, 1.54) is 0 Å². The van der Waals surface area contributed by atoms with Gasteiger partial charge in [0.15, 0.2) is 12.4 Å². The van der Waals surface area contributed by atoms with Gasteiger partial charge in [0.25, 0.3) is 5.91 Å². The molecule has 0 radical (unpaired) electrons. The molecule has 128 valence electrons. The minimum Gasteiger partial charge on any atom is -0.480 e. The second-order valence-corrected chi connectivity index (χ2v) is 7.56. The van der Waals surface area contributed by atoms with Gasteiger partial charge in [-0.1, -0.05) is 45.2 Å². The van der Waals surface area contributed by atoms with Crippen LogP contribution >= 0.6 is 55.1 Å². The topological polar surface area (TPSA) is 51.2 Å². The fourth-order valence-electron chi connectivity index (χ4n) is 2.19. The highest BCUT2D eigenvalue weighted by Crippen LogP contribution is 2.37. The number of ether oxygens (including phenoxy) is 1. The summed E-state index contributed by atoms with van der Waals surface area (Å²) in [4.78, 5) is 16.5. The van der Waals surface area contributed by atoms with Gasteiger partial charge in [-0.3, -0.25) is 9.78 Å². The van der Waals surface area contributed by atoms with Crippen LogP contribution in [0, 0.1) is 0 Å².